The lowest BCUT2D eigenvalue weighted by Crippen LogP contribution is -2.43. The van der Waals surface area contributed by atoms with E-state index in [4.69, 9.17) is 9.26 Å². The Bertz CT molecular complexity index is 759. The predicted molar refractivity (Wildman–Crippen MR) is 82.6 cm³/mol. The zero-order chi connectivity index (χ0) is 16.2. The summed E-state index contributed by atoms with van der Waals surface area (Å²) in [4.78, 5) is 14.7. The van der Waals surface area contributed by atoms with Crippen LogP contribution in [0.5, 0.6) is 0 Å². The molecule has 1 unspecified atom stereocenters. The molecule has 0 aromatic carbocycles. The van der Waals surface area contributed by atoms with E-state index >= 15 is 0 Å². The third-order valence-corrected chi connectivity index (χ3v) is 3.83. The average molecular weight is 327 g/mol. The monoisotopic (exact) mass is 327 g/mol. The number of nitrogens with zero attached hydrogens (tertiary/aromatic N) is 7. The average Bonchev–Trinajstić information content (AvgIpc) is 3.28. The van der Waals surface area contributed by atoms with Gasteiger partial charge in [0, 0.05) is 31.0 Å². The van der Waals surface area contributed by atoms with Gasteiger partial charge in [-0.1, -0.05) is 5.16 Å². The molecular weight excluding hydrogens is 310 g/mol. The van der Waals surface area contributed by atoms with Crippen molar-refractivity contribution in [3.63, 3.8) is 0 Å². The lowest BCUT2D eigenvalue weighted by molar-refractivity contribution is -0.0426. The largest absolute Gasteiger partial charge is 0.374 e. The SMILES string of the molecule is c1cncc(-c2noc(CN3CCOC(Cn4cncn4)C3)n2)c1. The Hall–Kier alpha value is -2.65. The first-order valence-electron chi connectivity index (χ1n) is 7.76. The van der Waals surface area contributed by atoms with Crippen LogP contribution < -0.4 is 0 Å². The molecule has 1 aliphatic rings. The molecule has 3 aromatic heterocycles. The van der Waals surface area contributed by atoms with Crippen molar-refractivity contribution >= 4 is 0 Å². The van der Waals surface area contributed by atoms with Gasteiger partial charge in [0.1, 0.15) is 12.7 Å². The molecule has 0 radical (unpaired) electrons. The van der Waals surface area contributed by atoms with Gasteiger partial charge in [-0.2, -0.15) is 10.1 Å². The lowest BCUT2D eigenvalue weighted by atomic mass is 10.2. The second-order valence-electron chi connectivity index (χ2n) is 5.60. The molecule has 24 heavy (non-hydrogen) atoms. The van der Waals surface area contributed by atoms with E-state index in [1.165, 1.54) is 6.33 Å². The Morgan fingerprint density at radius 1 is 1.29 bits per heavy atom. The Morgan fingerprint density at radius 2 is 2.29 bits per heavy atom. The number of hydrogen-bond acceptors (Lipinski definition) is 8. The first-order valence-corrected chi connectivity index (χ1v) is 7.76. The Kier molecular flexibility index (Phi) is 4.26. The quantitative estimate of drug-likeness (QED) is 0.673. The molecule has 1 saturated heterocycles. The first-order chi connectivity index (χ1) is 11.9. The van der Waals surface area contributed by atoms with Crippen molar-refractivity contribution in [3.05, 3.63) is 43.1 Å². The number of morpholine rings is 1. The van der Waals surface area contributed by atoms with Crippen molar-refractivity contribution in [3.8, 4) is 11.4 Å². The van der Waals surface area contributed by atoms with Crippen molar-refractivity contribution < 1.29 is 9.26 Å². The Morgan fingerprint density at radius 3 is 3.12 bits per heavy atom. The highest BCUT2D eigenvalue weighted by atomic mass is 16.5. The fourth-order valence-electron chi connectivity index (χ4n) is 2.69. The topological polar surface area (TPSA) is 95.0 Å². The normalized spacial score (nSPS) is 18.8. The van der Waals surface area contributed by atoms with Crippen LogP contribution in [-0.2, 0) is 17.8 Å². The second-order valence-corrected chi connectivity index (χ2v) is 5.60. The molecule has 4 heterocycles. The summed E-state index contributed by atoms with van der Waals surface area (Å²) in [5.74, 6) is 1.15. The zero-order valence-corrected chi connectivity index (χ0v) is 13.0. The summed E-state index contributed by atoms with van der Waals surface area (Å²) in [6.45, 7) is 3.57. The summed E-state index contributed by atoms with van der Waals surface area (Å²) in [5, 5.41) is 8.14. The van der Waals surface area contributed by atoms with Crippen molar-refractivity contribution in [2.24, 2.45) is 0 Å². The van der Waals surface area contributed by atoms with E-state index in [1.54, 1.807) is 23.4 Å². The minimum Gasteiger partial charge on any atom is -0.374 e. The van der Waals surface area contributed by atoms with Crippen molar-refractivity contribution in [1.82, 2.24) is 34.8 Å². The van der Waals surface area contributed by atoms with E-state index < -0.39 is 0 Å². The third-order valence-electron chi connectivity index (χ3n) is 3.83. The van der Waals surface area contributed by atoms with Crippen molar-refractivity contribution in [2.75, 3.05) is 19.7 Å². The van der Waals surface area contributed by atoms with Crippen LogP contribution in [0.1, 0.15) is 5.89 Å². The van der Waals surface area contributed by atoms with Crippen molar-refractivity contribution in [2.45, 2.75) is 19.2 Å². The number of ether oxygens (including phenoxy) is 1. The predicted octanol–water partition coefficient (Wildman–Crippen LogP) is 0.624. The summed E-state index contributed by atoms with van der Waals surface area (Å²) in [6.07, 6.45) is 6.73. The van der Waals surface area contributed by atoms with Crippen LogP contribution >= 0.6 is 0 Å². The first kappa shape index (κ1) is 14.9. The fraction of sp³-hybridized carbons (Fsp3) is 0.400. The van der Waals surface area contributed by atoms with E-state index in [0.29, 0.717) is 31.4 Å². The van der Waals surface area contributed by atoms with Gasteiger partial charge in [0.2, 0.25) is 11.7 Å². The number of rotatable bonds is 5. The van der Waals surface area contributed by atoms with E-state index in [0.717, 1.165) is 18.7 Å². The molecule has 9 heteroatoms. The smallest absolute Gasteiger partial charge is 0.241 e. The van der Waals surface area contributed by atoms with Gasteiger partial charge in [0.25, 0.3) is 0 Å². The molecule has 0 saturated carbocycles. The van der Waals surface area contributed by atoms with E-state index in [9.17, 15) is 0 Å². The van der Waals surface area contributed by atoms with Crippen LogP contribution in [0.2, 0.25) is 0 Å². The van der Waals surface area contributed by atoms with Gasteiger partial charge in [-0.25, -0.2) is 4.98 Å². The fourth-order valence-corrected chi connectivity index (χ4v) is 2.69. The summed E-state index contributed by atoms with van der Waals surface area (Å²) in [7, 11) is 0. The maximum absolute atomic E-state index is 5.79. The van der Waals surface area contributed by atoms with Crippen LogP contribution in [-0.4, -0.2) is 60.6 Å². The van der Waals surface area contributed by atoms with E-state index in [2.05, 4.69) is 30.1 Å². The minimum absolute atomic E-state index is 0.0705. The van der Waals surface area contributed by atoms with Crippen LogP contribution in [0.25, 0.3) is 11.4 Å². The van der Waals surface area contributed by atoms with Crippen LogP contribution in [0, 0.1) is 0 Å². The van der Waals surface area contributed by atoms with Crippen LogP contribution in [0.15, 0.2) is 41.7 Å². The van der Waals surface area contributed by atoms with Gasteiger partial charge < -0.3 is 9.26 Å². The van der Waals surface area contributed by atoms with Gasteiger partial charge >= 0.3 is 0 Å². The second kappa shape index (κ2) is 6.85. The highest BCUT2D eigenvalue weighted by Gasteiger charge is 2.23. The molecule has 4 rings (SSSR count). The summed E-state index contributed by atoms with van der Waals surface area (Å²) < 4.78 is 12.9. The molecule has 9 nitrogen and oxygen atoms in total. The number of pyridine rings is 1. The molecule has 1 aliphatic heterocycles. The maximum atomic E-state index is 5.79. The molecule has 0 spiro atoms. The van der Waals surface area contributed by atoms with Crippen LogP contribution in [0.4, 0.5) is 0 Å². The molecule has 0 amide bonds. The Balaban J connectivity index is 1.37. The number of hydrogen-bond donors (Lipinski definition) is 0. The highest BCUT2D eigenvalue weighted by molar-refractivity contribution is 5.51. The van der Waals surface area contributed by atoms with E-state index in [-0.39, 0.29) is 6.10 Å². The molecular formula is C15H17N7O2. The summed E-state index contributed by atoms with van der Waals surface area (Å²) in [5.41, 5.74) is 0.846. The zero-order valence-electron chi connectivity index (χ0n) is 13.0. The highest BCUT2D eigenvalue weighted by Crippen LogP contribution is 2.16. The van der Waals surface area contributed by atoms with Crippen molar-refractivity contribution in [1.29, 1.82) is 0 Å². The molecule has 0 bridgehead atoms. The Labute approximate surface area is 138 Å². The van der Waals surface area contributed by atoms with Gasteiger partial charge in [0.15, 0.2) is 0 Å². The molecule has 1 atom stereocenters. The van der Waals surface area contributed by atoms with Gasteiger partial charge in [-0.05, 0) is 12.1 Å². The molecule has 124 valence electrons. The van der Waals surface area contributed by atoms with Gasteiger partial charge in [-0.15, -0.1) is 0 Å². The maximum Gasteiger partial charge on any atom is 0.241 e. The summed E-state index contributed by atoms with van der Waals surface area (Å²) >= 11 is 0. The standard InChI is InChI=1S/C15H17N7O2/c1-2-12(6-16-3-1)15-19-14(24-20-15)9-21-4-5-23-13(7-21)8-22-11-17-10-18-22/h1-3,6,10-11,13H,4-5,7-9H2. The van der Waals surface area contributed by atoms with Gasteiger partial charge in [0.05, 0.1) is 25.8 Å². The minimum atomic E-state index is 0.0705. The third kappa shape index (κ3) is 3.47. The summed E-state index contributed by atoms with van der Waals surface area (Å²) in [6, 6.07) is 3.76. The van der Waals surface area contributed by atoms with Crippen LogP contribution in [0.3, 0.4) is 0 Å². The molecule has 0 aliphatic carbocycles. The lowest BCUT2D eigenvalue weighted by Gasteiger charge is -2.31. The molecule has 0 N–H and O–H groups in total. The molecule has 1 fully saturated rings. The van der Waals surface area contributed by atoms with E-state index in [1.807, 2.05) is 12.1 Å². The molecule has 3 aromatic rings. The van der Waals surface area contributed by atoms with Gasteiger partial charge in [-0.3, -0.25) is 14.6 Å². The number of aromatic nitrogens is 6.